The van der Waals surface area contributed by atoms with Gasteiger partial charge in [0.05, 0.1) is 49.8 Å². The molecule has 0 radical (unpaired) electrons. The van der Waals surface area contributed by atoms with Gasteiger partial charge in [-0.05, 0) is 73.5 Å². The molecule has 306 valence electrons. The first-order valence-electron chi connectivity index (χ1n) is 19.8. The van der Waals surface area contributed by atoms with E-state index in [1.54, 1.807) is 0 Å². The molecule has 6 fully saturated rings. The second kappa shape index (κ2) is 15.8. The van der Waals surface area contributed by atoms with Gasteiger partial charge < -0.3 is 69.6 Å². The molecule has 21 unspecified atom stereocenters. The van der Waals surface area contributed by atoms with Crippen molar-refractivity contribution in [2.45, 2.75) is 158 Å². The van der Waals surface area contributed by atoms with E-state index in [-0.39, 0.29) is 48.7 Å². The highest BCUT2D eigenvalue weighted by Gasteiger charge is 2.71. The van der Waals surface area contributed by atoms with Crippen molar-refractivity contribution in [2.75, 3.05) is 26.9 Å². The van der Waals surface area contributed by atoms with Crippen LogP contribution in [-0.2, 0) is 23.7 Å². The molecule has 6 rings (SSSR count). The van der Waals surface area contributed by atoms with Gasteiger partial charge in [-0.25, -0.2) is 0 Å². The number of hydrogen-bond acceptors (Lipinski definition) is 14. The molecular weight excluding hydrogens is 692 g/mol. The quantitative estimate of drug-likeness (QED) is 0.121. The maximum Gasteiger partial charge on any atom is 0.187 e. The van der Waals surface area contributed by atoms with Gasteiger partial charge in [-0.3, -0.25) is 0 Å². The first kappa shape index (κ1) is 41.8. The number of aliphatic hydroxyl groups is 9. The normalized spacial score (nSPS) is 52.3. The van der Waals surface area contributed by atoms with Gasteiger partial charge >= 0.3 is 0 Å². The van der Waals surface area contributed by atoms with E-state index in [4.69, 9.17) is 23.7 Å². The summed E-state index contributed by atoms with van der Waals surface area (Å²) in [5, 5.41) is 98.6. The van der Waals surface area contributed by atoms with Crippen LogP contribution in [0.5, 0.6) is 0 Å². The second-order valence-electron chi connectivity index (χ2n) is 18.1. The van der Waals surface area contributed by atoms with Crippen LogP contribution in [0.4, 0.5) is 0 Å². The topological polar surface area (TPSA) is 228 Å². The summed E-state index contributed by atoms with van der Waals surface area (Å²) in [6, 6.07) is 0. The van der Waals surface area contributed by atoms with Gasteiger partial charge in [-0.15, -0.1) is 0 Å². The van der Waals surface area contributed by atoms with Gasteiger partial charge in [0.25, 0.3) is 0 Å². The van der Waals surface area contributed by atoms with Gasteiger partial charge in [0.2, 0.25) is 0 Å². The Labute approximate surface area is 313 Å². The molecule has 14 nitrogen and oxygen atoms in total. The summed E-state index contributed by atoms with van der Waals surface area (Å²) in [4.78, 5) is 0. The highest BCUT2D eigenvalue weighted by molar-refractivity contribution is 5.21. The molecular formula is C39H66O14. The van der Waals surface area contributed by atoms with E-state index in [0.717, 1.165) is 24.8 Å². The van der Waals surface area contributed by atoms with E-state index < -0.39 is 103 Å². The monoisotopic (exact) mass is 758 g/mol. The molecule has 0 aromatic carbocycles. The van der Waals surface area contributed by atoms with Gasteiger partial charge in [0.1, 0.15) is 36.6 Å². The third-order valence-electron chi connectivity index (χ3n) is 15.1. The van der Waals surface area contributed by atoms with Crippen LogP contribution in [-0.4, -0.2) is 152 Å². The first-order valence-corrected chi connectivity index (χ1v) is 19.8. The summed E-state index contributed by atoms with van der Waals surface area (Å²) < 4.78 is 28.4. The molecule has 0 spiro atoms. The zero-order chi connectivity index (χ0) is 38.8. The Kier molecular flexibility index (Phi) is 12.5. The molecule has 0 bridgehead atoms. The lowest BCUT2D eigenvalue weighted by molar-refractivity contribution is -0.305. The van der Waals surface area contributed by atoms with Crippen LogP contribution < -0.4 is 0 Å². The van der Waals surface area contributed by atoms with Crippen molar-refractivity contribution < 1.29 is 69.6 Å². The van der Waals surface area contributed by atoms with Crippen molar-refractivity contribution in [3.8, 4) is 0 Å². The molecule has 2 saturated heterocycles. The molecule has 4 saturated carbocycles. The van der Waals surface area contributed by atoms with Crippen molar-refractivity contribution in [1.29, 1.82) is 0 Å². The fourth-order valence-electron chi connectivity index (χ4n) is 12.1. The highest BCUT2D eigenvalue weighted by Crippen LogP contribution is 2.70. The zero-order valence-corrected chi connectivity index (χ0v) is 31.9. The van der Waals surface area contributed by atoms with E-state index in [0.29, 0.717) is 25.7 Å². The molecule has 53 heavy (non-hydrogen) atoms. The lowest BCUT2D eigenvalue weighted by atomic mass is 9.41. The van der Waals surface area contributed by atoms with Crippen LogP contribution in [0.15, 0.2) is 12.2 Å². The average molecular weight is 759 g/mol. The Morgan fingerprint density at radius 1 is 0.887 bits per heavy atom. The molecule has 6 aliphatic rings. The Morgan fingerprint density at radius 2 is 1.58 bits per heavy atom. The van der Waals surface area contributed by atoms with E-state index in [1.807, 2.05) is 13.8 Å². The van der Waals surface area contributed by atoms with Crippen LogP contribution in [0.1, 0.15) is 79.1 Å². The third kappa shape index (κ3) is 7.19. The summed E-state index contributed by atoms with van der Waals surface area (Å²) in [6.45, 7) is 12.4. The van der Waals surface area contributed by atoms with Crippen molar-refractivity contribution in [3.05, 3.63) is 12.2 Å². The van der Waals surface area contributed by atoms with E-state index in [9.17, 15) is 46.0 Å². The predicted octanol–water partition coefficient (Wildman–Crippen LogP) is 0.215. The summed E-state index contributed by atoms with van der Waals surface area (Å²) in [6.07, 6.45) is -8.15. The number of rotatable bonds is 12. The molecule has 0 aromatic heterocycles. The van der Waals surface area contributed by atoms with Gasteiger partial charge in [0, 0.05) is 31.3 Å². The zero-order valence-electron chi connectivity index (χ0n) is 31.9. The Balaban J connectivity index is 1.05. The first-order chi connectivity index (χ1) is 24.9. The fraction of sp³-hybridized carbons (Fsp3) is 0.949. The number of hydrogen-bond donors (Lipinski definition) is 9. The Morgan fingerprint density at radius 3 is 2.26 bits per heavy atom. The smallest absolute Gasteiger partial charge is 0.187 e. The van der Waals surface area contributed by atoms with E-state index in [2.05, 4.69) is 20.4 Å². The average Bonchev–Trinajstić information content (AvgIpc) is 3.57. The number of aliphatic hydroxyl groups excluding tert-OH is 8. The molecule has 0 aromatic rings. The summed E-state index contributed by atoms with van der Waals surface area (Å²) in [5.41, 5.74) is -1.26. The molecule has 14 heteroatoms. The van der Waals surface area contributed by atoms with Gasteiger partial charge in [-0.1, -0.05) is 39.8 Å². The maximum atomic E-state index is 12.6. The molecule has 2 heterocycles. The lowest BCUT2D eigenvalue weighted by Crippen LogP contribution is -2.70. The summed E-state index contributed by atoms with van der Waals surface area (Å²) in [7, 11) is 1.39. The fourth-order valence-corrected chi connectivity index (χ4v) is 12.1. The Hall–Kier alpha value is -0.820. The third-order valence-corrected chi connectivity index (χ3v) is 15.1. The standard InChI is InChI=1S/C39H66O14/c1-18(20(3)16-50-36-33(31(46)25(15-40)52-36)53-35-32(47)30(45)26(49-6)17-51-35)7-8-19(2)21-13-23(42)34-37(21,4)12-10-27-38(5)11-9-22(41)29(44)28(38)24(43)14-39(27,34)48/h19-36,40-48H,1,7-17H2,2-6H3. The molecule has 4 aliphatic carbocycles. The van der Waals surface area contributed by atoms with Crippen molar-refractivity contribution in [3.63, 3.8) is 0 Å². The second-order valence-corrected chi connectivity index (χ2v) is 18.1. The lowest BCUT2D eigenvalue weighted by Gasteiger charge is -2.66. The van der Waals surface area contributed by atoms with Crippen molar-refractivity contribution >= 4 is 0 Å². The van der Waals surface area contributed by atoms with Crippen LogP contribution in [0.25, 0.3) is 0 Å². The number of fused-ring (bicyclic) bond motifs is 5. The van der Waals surface area contributed by atoms with E-state index in [1.165, 1.54) is 7.11 Å². The van der Waals surface area contributed by atoms with Crippen LogP contribution in [0, 0.1) is 46.3 Å². The van der Waals surface area contributed by atoms with Crippen LogP contribution >= 0.6 is 0 Å². The van der Waals surface area contributed by atoms with Crippen LogP contribution in [0.3, 0.4) is 0 Å². The van der Waals surface area contributed by atoms with Gasteiger partial charge in [0.15, 0.2) is 12.6 Å². The molecule has 9 N–H and O–H groups in total. The summed E-state index contributed by atoms with van der Waals surface area (Å²) >= 11 is 0. The molecule has 2 aliphatic heterocycles. The van der Waals surface area contributed by atoms with Gasteiger partial charge in [-0.2, -0.15) is 0 Å². The number of ether oxygens (including phenoxy) is 5. The summed E-state index contributed by atoms with van der Waals surface area (Å²) in [5.74, 6) is -0.941. The maximum absolute atomic E-state index is 12.6. The molecule has 21 atom stereocenters. The van der Waals surface area contributed by atoms with Crippen molar-refractivity contribution in [2.24, 2.45) is 46.3 Å². The van der Waals surface area contributed by atoms with Crippen molar-refractivity contribution in [1.82, 2.24) is 0 Å². The largest absolute Gasteiger partial charge is 0.394 e. The highest BCUT2D eigenvalue weighted by atomic mass is 16.8. The number of methoxy groups -OCH3 is 1. The minimum atomic E-state index is -1.45. The molecule has 0 amide bonds. The van der Waals surface area contributed by atoms with Crippen LogP contribution in [0.2, 0.25) is 0 Å². The predicted molar refractivity (Wildman–Crippen MR) is 189 cm³/mol. The SMILES string of the molecule is C=C(CCC(C)C1CC(O)C2C1(C)CCC1C3(C)CCC(O)C(O)C3C(O)CC12O)C(C)COC1OC(CO)C(O)C1OC1OCC(OC)C(O)C1O. The minimum Gasteiger partial charge on any atom is -0.394 e. The minimum absolute atomic E-state index is 0.0337. The van der Waals surface area contributed by atoms with E-state index >= 15 is 0 Å². The Bertz CT molecular complexity index is 1270.